The van der Waals surface area contributed by atoms with Gasteiger partial charge in [-0.25, -0.2) is 18.5 Å². The molecule has 7 heteroatoms. The van der Waals surface area contributed by atoms with E-state index in [-0.39, 0.29) is 4.21 Å². The van der Waals surface area contributed by atoms with E-state index in [0.29, 0.717) is 16.5 Å². The van der Waals surface area contributed by atoms with E-state index in [4.69, 9.17) is 5.14 Å². The van der Waals surface area contributed by atoms with Gasteiger partial charge in [-0.15, -0.1) is 0 Å². The molecule has 116 valence electrons. The van der Waals surface area contributed by atoms with Crippen LogP contribution in [-0.4, -0.2) is 19.9 Å². The number of primary sulfonamides is 1. The molecule has 1 aromatic heterocycles. The smallest absolute Gasteiger partial charge is 0.249 e. The number of benzene rings is 1. The second-order valence-electron chi connectivity index (χ2n) is 6.12. The van der Waals surface area contributed by atoms with Gasteiger partial charge in [0.15, 0.2) is 9.34 Å². The molecule has 0 amide bonds. The van der Waals surface area contributed by atoms with Crippen LogP contribution in [0.15, 0.2) is 34.7 Å². The summed E-state index contributed by atoms with van der Waals surface area (Å²) in [6, 6.07) is 8.71. The molecule has 22 heavy (non-hydrogen) atoms. The molecule has 0 saturated heterocycles. The third-order valence-corrected chi connectivity index (χ3v) is 7.25. The predicted molar refractivity (Wildman–Crippen MR) is 86.5 cm³/mol. The summed E-state index contributed by atoms with van der Waals surface area (Å²) in [5, 5.41) is 8.99. The first-order valence-corrected chi connectivity index (χ1v) is 9.66. The number of rotatable bonds is 4. The van der Waals surface area contributed by atoms with Crippen molar-refractivity contribution in [1.29, 1.82) is 0 Å². The summed E-state index contributed by atoms with van der Waals surface area (Å²) < 4.78 is 22.6. The van der Waals surface area contributed by atoms with Crippen molar-refractivity contribution in [2.24, 2.45) is 11.1 Å². The molecule has 0 radical (unpaired) electrons. The van der Waals surface area contributed by atoms with Gasteiger partial charge >= 0.3 is 0 Å². The number of nitrogens with two attached hydrogens (primary N) is 1. The van der Waals surface area contributed by atoms with Crippen molar-refractivity contribution in [2.75, 3.05) is 11.9 Å². The van der Waals surface area contributed by atoms with Crippen molar-refractivity contribution < 1.29 is 8.42 Å². The molecule has 1 fully saturated rings. The van der Waals surface area contributed by atoms with E-state index in [1.807, 2.05) is 0 Å². The van der Waals surface area contributed by atoms with Gasteiger partial charge in [0, 0.05) is 12.0 Å². The third kappa shape index (κ3) is 2.24. The molecule has 2 aliphatic rings. The van der Waals surface area contributed by atoms with E-state index >= 15 is 0 Å². The fourth-order valence-electron chi connectivity index (χ4n) is 3.68. The highest BCUT2D eigenvalue weighted by atomic mass is 32.2. The molecule has 1 aromatic carbocycles. The van der Waals surface area contributed by atoms with Gasteiger partial charge in [-0.2, -0.15) is 0 Å². The van der Waals surface area contributed by atoms with Crippen LogP contribution in [0.25, 0.3) is 0 Å². The standard InChI is InChI=1S/C15H17N3O2S2/c16-22(19,20)13-9-18-14(21-13)17-8-11-7-15(11)6-5-10-3-1-2-4-12(10)15/h1-4,9,11H,5-8H2,(H,17,18)(H2,16,19,20)/t11-,15-/m1/s1. The highest BCUT2D eigenvalue weighted by Gasteiger charge is 2.57. The van der Waals surface area contributed by atoms with Gasteiger partial charge in [-0.05, 0) is 36.3 Å². The lowest BCUT2D eigenvalue weighted by molar-refractivity contribution is 0.599. The Kier molecular flexibility index (Phi) is 3.08. The zero-order valence-corrected chi connectivity index (χ0v) is 13.6. The maximum atomic E-state index is 11.3. The number of hydrogen-bond donors (Lipinski definition) is 2. The van der Waals surface area contributed by atoms with Crippen molar-refractivity contribution in [1.82, 2.24) is 4.98 Å². The Morgan fingerprint density at radius 3 is 3.00 bits per heavy atom. The summed E-state index contributed by atoms with van der Waals surface area (Å²) in [5.41, 5.74) is 3.32. The Bertz CT molecular complexity index is 831. The Labute approximate surface area is 133 Å². The Balaban J connectivity index is 1.44. The highest BCUT2D eigenvalue weighted by Crippen LogP contribution is 2.61. The quantitative estimate of drug-likeness (QED) is 0.896. The number of nitrogens with one attached hydrogen (secondary N) is 1. The summed E-state index contributed by atoms with van der Waals surface area (Å²) in [6.45, 7) is 0.825. The number of nitrogens with zero attached hydrogens (tertiary/aromatic N) is 1. The number of fused-ring (bicyclic) bond motifs is 2. The van der Waals surface area contributed by atoms with Crippen LogP contribution in [0.5, 0.6) is 0 Å². The van der Waals surface area contributed by atoms with Crippen molar-refractivity contribution in [3.8, 4) is 0 Å². The van der Waals surface area contributed by atoms with Gasteiger partial charge in [0.05, 0.1) is 6.20 Å². The summed E-state index contributed by atoms with van der Waals surface area (Å²) >= 11 is 1.09. The van der Waals surface area contributed by atoms with Crippen molar-refractivity contribution >= 4 is 26.5 Å². The number of aromatic nitrogens is 1. The lowest BCUT2D eigenvalue weighted by atomic mass is 9.95. The summed E-state index contributed by atoms with van der Waals surface area (Å²) in [7, 11) is -3.65. The van der Waals surface area contributed by atoms with Crippen LogP contribution in [0.1, 0.15) is 24.0 Å². The topological polar surface area (TPSA) is 85.1 Å². The lowest BCUT2D eigenvalue weighted by Crippen LogP contribution is -2.12. The zero-order chi connectivity index (χ0) is 15.4. The minimum Gasteiger partial charge on any atom is -0.361 e. The van der Waals surface area contributed by atoms with Crippen molar-refractivity contribution in [2.45, 2.75) is 28.9 Å². The second kappa shape index (κ2) is 4.78. The molecule has 2 atom stereocenters. The molecule has 0 bridgehead atoms. The third-order valence-electron chi connectivity index (χ3n) is 4.89. The fourth-order valence-corrected chi connectivity index (χ4v) is 5.14. The zero-order valence-electron chi connectivity index (χ0n) is 12.0. The first-order valence-electron chi connectivity index (χ1n) is 7.30. The Hall–Kier alpha value is -1.44. The largest absolute Gasteiger partial charge is 0.361 e. The van der Waals surface area contributed by atoms with Gasteiger partial charge in [0.1, 0.15) is 0 Å². The highest BCUT2D eigenvalue weighted by molar-refractivity contribution is 7.91. The van der Waals surface area contributed by atoms with Crippen LogP contribution in [0.2, 0.25) is 0 Å². The van der Waals surface area contributed by atoms with Crippen LogP contribution >= 0.6 is 11.3 Å². The van der Waals surface area contributed by atoms with Crippen LogP contribution in [0.4, 0.5) is 5.13 Å². The molecule has 1 heterocycles. The monoisotopic (exact) mass is 335 g/mol. The second-order valence-corrected chi connectivity index (χ2v) is 8.94. The number of anilines is 1. The molecule has 0 unspecified atom stereocenters. The molecule has 1 saturated carbocycles. The summed E-state index contributed by atoms with van der Waals surface area (Å²) in [4.78, 5) is 4.09. The molecule has 5 nitrogen and oxygen atoms in total. The van der Waals surface area contributed by atoms with E-state index in [9.17, 15) is 8.42 Å². The molecule has 3 N–H and O–H groups in total. The summed E-state index contributed by atoms with van der Waals surface area (Å²) in [5.74, 6) is 0.595. The van der Waals surface area contributed by atoms with E-state index in [2.05, 4.69) is 34.6 Å². The first-order chi connectivity index (χ1) is 10.5. The molecular formula is C15H17N3O2S2. The number of sulfonamides is 1. The molecule has 4 rings (SSSR count). The van der Waals surface area contributed by atoms with Gasteiger partial charge in [-0.3, -0.25) is 0 Å². The van der Waals surface area contributed by atoms with E-state index in [1.54, 1.807) is 0 Å². The van der Waals surface area contributed by atoms with E-state index < -0.39 is 10.0 Å². The van der Waals surface area contributed by atoms with E-state index in [0.717, 1.165) is 17.9 Å². The number of hydrogen-bond acceptors (Lipinski definition) is 5. The molecule has 0 aliphatic heterocycles. The Morgan fingerprint density at radius 2 is 2.23 bits per heavy atom. The minimum absolute atomic E-state index is 0.103. The average Bonchev–Trinajstić information content (AvgIpc) is 2.84. The lowest BCUT2D eigenvalue weighted by Gasteiger charge is -2.11. The van der Waals surface area contributed by atoms with Gasteiger partial charge in [0.25, 0.3) is 0 Å². The minimum atomic E-state index is -3.65. The van der Waals surface area contributed by atoms with Crippen LogP contribution in [0.3, 0.4) is 0 Å². The van der Waals surface area contributed by atoms with Crippen LogP contribution in [-0.2, 0) is 21.9 Å². The van der Waals surface area contributed by atoms with Crippen molar-refractivity contribution in [3.05, 3.63) is 41.6 Å². The van der Waals surface area contributed by atoms with Crippen LogP contribution < -0.4 is 10.5 Å². The summed E-state index contributed by atoms with van der Waals surface area (Å²) in [6.07, 6.45) is 4.90. The van der Waals surface area contributed by atoms with Crippen molar-refractivity contribution in [3.63, 3.8) is 0 Å². The fraction of sp³-hybridized carbons (Fsp3) is 0.400. The van der Waals surface area contributed by atoms with Gasteiger partial charge in [-0.1, -0.05) is 35.6 Å². The first kappa shape index (κ1) is 14.2. The van der Waals surface area contributed by atoms with E-state index in [1.165, 1.54) is 36.6 Å². The Morgan fingerprint density at radius 1 is 1.41 bits per heavy atom. The normalized spacial score (nSPS) is 26.1. The molecule has 1 spiro atoms. The molecule has 2 aromatic rings. The maximum absolute atomic E-state index is 11.3. The number of thiazole rings is 1. The van der Waals surface area contributed by atoms with Crippen LogP contribution in [0, 0.1) is 5.92 Å². The molecule has 2 aliphatic carbocycles. The van der Waals surface area contributed by atoms with Gasteiger partial charge < -0.3 is 5.32 Å². The SMILES string of the molecule is NS(=O)(=O)c1cnc(NC[C@H]2C[C@]23CCc2ccccc23)s1. The average molecular weight is 335 g/mol. The maximum Gasteiger partial charge on any atom is 0.249 e. The van der Waals surface area contributed by atoms with Gasteiger partial charge in [0.2, 0.25) is 10.0 Å². The number of aryl methyl sites for hydroxylation is 1. The predicted octanol–water partition coefficient (Wildman–Crippen LogP) is 2.11. The molecular weight excluding hydrogens is 318 g/mol.